The Morgan fingerprint density at radius 3 is 2.65 bits per heavy atom. The molecule has 0 aliphatic heterocycles. The molecule has 3 heteroatoms. The second-order valence-corrected chi connectivity index (χ2v) is 6.52. The molecular weight excluding hydrogens is 282 g/mol. The van der Waals surface area contributed by atoms with E-state index in [1.807, 2.05) is 24.3 Å². The van der Waals surface area contributed by atoms with E-state index >= 15 is 0 Å². The van der Waals surface area contributed by atoms with Crippen LogP contribution in [0.5, 0.6) is 0 Å². The van der Waals surface area contributed by atoms with Gasteiger partial charge in [-0.25, -0.2) is 4.98 Å². The van der Waals surface area contributed by atoms with E-state index in [0.717, 1.165) is 16.6 Å². The Balaban J connectivity index is 1.89. The molecule has 0 atom stereocenters. The molecule has 0 unspecified atom stereocenters. The summed E-state index contributed by atoms with van der Waals surface area (Å²) >= 11 is 0. The van der Waals surface area contributed by atoms with Crippen LogP contribution in [0.15, 0.2) is 36.4 Å². The number of rotatable bonds is 3. The summed E-state index contributed by atoms with van der Waals surface area (Å²) in [7, 11) is 0. The van der Waals surface area contributed by atoms with Gasteiger partial charge in [0.15, 0.2) is 0 Å². The van der Waals surface area contributed by atoms with E-state index in [1.165, 1.54) is 35.3 Å². The summed E-state index contributed by atoms with van der Waals surface area (Å²) in [4.78, 5) is 4.91. The van der Waals surface area contributed by atoms with Crippen molar-refractivity contribution in [1.29, 1.82) is 5.26 Å². The molecule has 1 aliphatic rings. The second-order valence-electron chi connectivity index (χ2n) is 6.52. The number of hydrogen-bond acceptors (Lipinski definition) is 2. The highest BCUT2D eigenvalue weighted by Crippen LogP contribution is 2.41. The lowest BCUT2D eigenvalue weighted by Gasteiger charge is -2.11. The molecule has 4 rings (SSSR count). The van der Waals surface area contributed by atoms with Crippen molar-refractivity contribution in [2.24, 2.45) is 0 Å². The fourth-order valence-electron chi connectivity index (χ4n) is 3.16. The molecule has 0 radical (unpaired) electrons. The Morgan fingerprint density at radius 1 is 1.17 bits per heavy atom. The summed E-state index contributed by atoms with van der Waals surface area (Å²) in [6, 6.07) is 14.6. The first kappa shape index (κ1) is 14.0. The number of aromatic nitrogens is 2. The molecule has 23 heavy (non-hydrogen) atoms. The van der Waals surface area contributed by atoms with Gasteiger partial charge in [-0.3, -0.25) is 0 Å². The lowest BCUT2D eigenvalue weighted by Crippen LogP contribution is -2.06. The van der Waals surface area contributed by atoms with E-state index in [1.54, 1.807) is 0 Å². The van der Waals surface area contributed by atoms with Gasteiger partial charge in [0.1, 0.15) is 5.82 Å². The SMILES string of the molecule is Cc1cc2nc(C3CC3)n(Cc3ccccc3C#N)c2cc1C. The zero-order valence-corrected chi connectivity index (χ0v) is 13.5. The first-order chi connectivity index (χ1) is 11.2. The molecule has 1 heterocycles. The lowest BCUT2D eigenvalue weighted by molar-refractivity contribution is 0.745. The molecule has 1 fully saturated rings. The molecule has 0 saturated heterocycles. The van der Waals surface area contributed by atoms with Crippen LogP contribution in [-0.4, -0.2) is 9.55 Å². The highest BCUT2D eigenvalue weighted by molar-refractivity contribution is 5.78. The van der Waals surface area contributed by atoms with Crippen LogP contribution in [0, 0.1) is 25.2 Å². The molecule has 1 aliphatic carbocycles. The van der Waals surface area contributed by atoms with Crippen molar-refractivity contribution in [2.45, 2.75) is 39.2 Å². The fourth-order valence-corrected chi connectivity index (χ4v) is 3.16. The molecule has 114 valence electrons. The fraction of sp³-hybridized carbons (Fsp3) is 0.300. The quantitative estimate of drug-likeness (QED) is 0.717. The molecule has 3 aromatic rings. The zero-order chi connectivity index (χ0) is 16.0. The van der Waals surface area contributed by atoms with E-state index in [4.69, 9.17) is 4.98 Å². The van der Waals surface area contributed by atoms with Crippen molar-refractivity contribution >= 4 is 11.0 Å². The maximum Gasteiger partial charge on any atom is 0.113 e. The average molecular weight is 301 g/mol. The number of hydrogen-bond donors (Lipinski definition) is 0. The molecule has 0 N–H and O–H groups in total. The maximum atomic E-state index is 9.36. The van der Waals surface area contributed by atoms with Crippen molar-refractivity contribution in [3.63, 3.8) is 0 Å². The summed E-state index contributed by atoms with van der Waals surface area (Å²) in [6.07, 6.45) is 2.45. The van der Waals surface area contributed by atoms with Gasteiger partial charge in [0.05, 0.1) is 29.2 Å². The molecular formula is C20H19N3. The highest BCUT2D eigenvalue weighted by atomic mass is 15.1. The summed E-state index contributed by atoms with van der Waals surface area (Å²) < 4.78 is 2.32. The summed E-state index contributed by atoms with van der Waals surface area (Å²) in [5, 5.41) is 9.36. The van der Waals surface area contributed by atoms with Gasteiger partial charge in [0.2, 0.25) is 0 Å². The average Bonchev–Trinajstić information content (AvgIpc) is 3.34. The van der Waals surface area contributed by atoms with Crippen molar-refractivity contribution in [1.82, 2.24) is 9.55 Å². The minimum atomic E-state index is 0.581. The molecule has 3 nitrogen and oxygen atoms in total. The number of aryl methyl sites for hydroxylation is 2. The standard InChI is InChI=1S/C20H19N3/c1-13-9-18-19(10-14(13)2)23(20(22-18)15-7-8-15)12-17-6-4-3-5-16(17)11-21/h3-6,9-10,15H,7-8,12H2,1-2H3. The first-order valence-electron chi connectivity index (χ1n) is 8.13. The summed E-state index contributed by atoms with van der Waals surface area (Å²) in [5.74, 6) is 1.76. The van der Waals surface area contributed by atoms with Crippen LogP contribution in [0.3, 0.4) is 0 Å². The van der Waals surface area contributed by atoms with Gasteiger partial charge in [0.25, 0.3) is 0 Å². The van der Waals surface area contributed by atoms with E-state index in [0.29, 0.717) is 12.5 Å². The Kier molecular flexibility index (Phi) is 3.20. The third-order valence-corrected chi connectivity index (χ3v) is 4.80. The minimum Gasteiger partial charge on any atom is -0.323 e. The van der Waals surface area contributed by atoms with Crippen molar-refractivity contribution in [3.8, 4) is 6.07 Å². The monoisotopic (exact) mass is 301 g/mol. The normalized spacial score (nSPS) is 14.1. The van der Waals surface area contributed by atoms with Crippen molar-refractivity contribution in [2.75, 3.05) is 0 Å². The zero-order valence-electron chi connectivity index (χ0n) is 13.5. The molecule has 1 aromatic heterocycles. The van der Waals surface area contributed by atoms with Crippen LogP contribution in [0.25, 0.3) is 11.0 Å². The maximum absolute atomic E-state index is 9.36. The van der Waals surface area contributed by atoms with Gasteiger partial charge in [-0.05, 0) is 61.6 Å². The number of benzene rings is 2. The van der Waals surface area contributed by atoms with Gasteiger partial charge in [0, 0.05) is 5.92 Å². The minimum absolute atomic E-state index is 0.581. The number of nitriles is 1. The predicted octanol–water partition coefficient (Wildman–Crippen LogP) is 4.45. The summed E-state index contributed by atoms with van der Waals surface area (Å²) in [5.41, 5.74) is 6.64. The van der Waals surface area contributed by atoms with Crippen LogP contribution in [0.4, 0.5) is 0 Å². The predicted molar refractivity (Wildman–Crippen MR) is 91.4 cm³/mol. The van der Waals surface area contributed by atoms with Gasteiger partial charge in [-0.1, -0.05) is 18.2 Å². The Morgan fingerprint density at radius 2 is 1.91 bits per heavy atom. The molecule has 1 saturated carbocycles. The van der Waals surface area contributed by atoms with Crippen LogP contribution in [-0.2, 0) is 6.54 Å². The van der Waals surface area contributed by atoms with Gasteiger partial charge in [-0.15, -0.1) is 0 Å². The smallest absolute Gasteiger partial charge is 0.113 e. The number of fused-ring (bicyclic) bond motifs is 1. The van der Waals surface area contributed by atoms with E-state index in [2.05, 4.69) is 36.6 Å². The number of nitrogens with zero attached hydrogens (tertiary/aromatic N) is 3. The van der Waals surface area contributed by atoms with Crippen LogP contribution >= 0.6 is 0 Å². The Labute approximate surface area is 136 Å². The second kappa shape index (κ2) is 5.24. The third kappa shape index (κ3) is 2.41. The Hall–Kier alpha value is -2.60. The molecule has 0 bridgehead atoms. The number of imidazole rings is 1. The van der Waals surface area contributed by atoms with Gasteiger partial charge >= 0.3 is 0 Å². The van der Waals surface area contributed by atoms with Crippen molar-refractivity contribution in [3.05, 3.63) is 64.5 Å². The van der Waals surface area contributed by atoms with Crippen LogP contribution < -0.4 is 0 Å². The third-order valence-electron chi connectivity index (χ3n) is 4.80. The first-order valence-corrected chi connectivity index (χ1v) is 8.13. The topological polar surface area (TPSA) is 41.6 Å². The highest BCUT2D eigenvalue weighted by Gasteiger charge is 2.29. The van der Waals surface area contributed by atoms with Crippen molar-refractivity contribution < 1.29 is 0 Å². The molecule has 0 amide bonds. The van der Waals surface area contributed by atoms with Crippen LogP contribution in [0.2, 0.25) is 0 Å². The molecule has 0 spiro atoms. The van der Waals surface area contributed by atoms with E-state index in [-0.39, 0.29) is 0 Å². The largest absolute Gasteiger partial charge is 0.323 e. The van der Waals surface area contributed by atoms with Gasteiger partial charge in [-0.2, -0.15) is 5.26 Å². The van der Waals surface area contributed by atoms with E-state index < -0.39 is 0 Å². The Bertz CT molecular complexity index is 939. The van der Waals surface area contributed by atoms with Gasteiger partial charge < -0.3 is 4.57 Å². The molecule has 2 aromatic carbocycles. The van der Waals surface area contributed by atoms with E-state index in [9.17, 15) is 5.26 Å². The van der Waals surface area contributed by atoms with Crippen LogP contribution in [0.1, 0.15) is 46.8 Å². The lowest BCUT2D eigenvalue weighted by atomic mass is 10.1. The summed E-state index contributed by atoms with van der Waals surface area (Å²) in [6.45, 7) is 5.00.